The molecule has 9 aromatic rings. The van der Waals surface area contributed by atoms with Crippen molar-refractivity contribution in [3.63, 3.8) is 0 Å². The number of carbonyl (C=O) groups is 1. The van der Waals surface area contributed by atoms with Gasteiger partial charge < -0.3 is 9.80 Å². The number of aryl methyl sites for hydroxylation is 3. The lowest BCUT2D eigenvalue weighted by Gasteiger charge is -2.32. The molecule has 1 amide bonds. The molecule has 0 radical (unpaired) electrons. The zero-order chi connectivity index (χ0) is 53.1. The van der Waals surface area contributed by atoms with Gasteiger partial charge in [-0.3, -0.25) is 9.69 Å². The zero-order valence-corrected chi connectivity index (χ0v) is 45.9. The molecular formula is C54H58Cl3N15O3S. The van der Waals surface area contributed by atoms with Gasteiger partial charge in [-0.2, -0.15) is 15.3 Å². The van der Waals surface area contributed by atoms with Crippen molar-refractivity contribution < 1.29 is 13.2 Å². The van der Waals surface area contributed by atoms with Crippen LogP contribution in [-0.2, 0) is 34.3 Å². The molecule has 6 aromatic heterocycles. The average molecular weight is 1100 g/mol. The Hall–Kier alpha value is -6.48. The van der Waals surface area contributed by atoms with E-state index in [9.17, 15) is 13.2 Å². The second-order valence-electron chi connectivity index (χ2n) is 19.6. The van der Waals surface area contributed by atoms with E-state index in [1.54, 1.807) is 9.36 Å². The number of nitrogens with zero attached hydrogens (tertiary/aromatic N) is 15. The number of amides is 1. The van der Waals surface area contributed by atoms with Crippen LogP contribution in [0.25, 0.3) is 66.9 Å². The summed E-state index contributed by atoms with van der Waals surface area (Å²) in [5, 5.41) is 44.0. The molecule has 0 atom stereocenters. The van der Waals surface area contributed by atoms with Crippen molar-refractivity contribution in [2.45, 2.75) is 65.1 Å². The maximum atomic E-state index is 12.4. The van der Waals surface area contributed by atoms with Gasteiger partial charge in [-0.05, 0) is 46.6 Å². The molecule has 1 saturated carbocycles. The number of sulfone groups is 1. The number of likely N-dealkylation sites (N-methyl/N-ethyl adjacent to an activating group) is 1. The van der Waals surface area contributed by atoms with Crippen molar-refractivity contribution in [2.24, 2.45) is 0 Å². The average Bonchev–Trinajstić information content (AvgIpc) is 3.67. The van der Waals surface area contributed by atoms with Gasteiger partial charge in [-0.25, -0.2) is 22.5 Å². The number of halogens is 3. The fourth-order valence-corrected chi connectivity index (χ4v) is 11.1. The van der Waals surface area contributed by atoms with E-state index in [0.29, 0.717) is 49.4 Å². The van der Waals surface area contributed by atoms with Crippen LogP contribution in [-0.4, -0.2) is 154 Å². The molecule has 0 N–H and O–H groups in total. The van der Waals surface area contributed by atoms with Gasteiger partial charge in [0.1, 0.15) is 33.5 Å². The fraction of sp³-hybridized carbons (Fsp3) is 0.370. The van der Waals surface area contributed by atoms with Gasteiger partial charge in [0.2, 0.25) is 5.91 Å². The molecule has 0 bridgehead atoms. The summed E-state index contributed by atoms with van der Waals surface area (Å²) in [6.45, 7) is 12.1. The van der Waals surface area contributed by atoms with Crippen LogP contribution in [0.3, 0.4) is 0 Å². The maximum absolute atomic E-state index is 12.4. The van der Waals surface area contributed by atoms with Crippen molar-refractivity contribution in [2.75, 3.05) is 64.9 Å². The van der Waals surface area contributed by atoms with Crippen LogP contribution in [0.5, 0.6) is 0 Å². The van der Waals surface area contributed by atoms with Crippen LogP contribution in [0.4, 0.5) is 0 Å². The molecule has 394 valence electrons. The van der Waals surface area contributed by atoms with E-state index in [4.69, 9.17) is 34.8 Å². The number of carbonyl (C=O) groups excluding carboxylic acids is 1. The zero-order valence-electron chi connectivity index (χ0n) is 42.8. The Labute approximate surface area is 455 Å². The molecule has 2 saturated heterocycles. The van der Waals surface area contributed by atoms with Crippen molar-refractivity contribution in [1.82, 2.24) is 74.6 Å². The highest BCUT2D eigenvalue weighted by molar-refractivity contribution is 7.90. The van der Waals surface area contributed by atoms with Gasteiger partial charge in [-0.15, -0.1) is 30.6 Å². The van der Waals surface area contributed by atoms with Crippen molar-refractivity contribution >= 4 is 83.6 Å². The summed E-state index contributed by atoms with van der Waals surface area (Å²) in [4.78, 5) is 19.1. The molecule has 3 fully saturated rings. The van der Waals surface area contributed by atoms with E-state index in [2.05, 4.69) is 62.7 Å². The van der Waals surface area contributed by atoms with E-state index in [1.165, 1.54) is 6.26 Å². The lowest BCUT2D eigenvalue weighted by atomic mass is 10.1. The lowest BCUT2D eigenvalue weighted by molar-refractivity contribution is -0.130. The molecule has 8 heterocycles. The second kappa shape index (κ2) is 23.0. The first-order valence-corrected chi connectivity index (χ1v) is 28.7. The van der Waals surface area contributed by atoms with E-state index >= 15 is 0 Å². The third kappa shape index (κ3) is 11.7. The molecule has 3 aromatic carbocycles. The molecule has 0 spiro atoms. The first-order chi connectivity index (χ1) is 36.7. The largest absolute Gasteiger partial charge is 0.341 e. The minimum absolute atomic E-state index is 0.00756. The number of hydrogen-bond donors (Lipinski definition) is 0. The van der Waals surface area contributed by atoms with E-state index < -0.39 is 9.84 Å². The Morgan fingerprint density at radius 3 is 1.46 bits per heavy atom. The number of rotatable bonds is 12. The predicted molar refractivity (Wildman–Crippen MR) is 298 cm³/mol. The summed E-state index contributed by atoms with van der Waals surface area (Å²) in [5.74, 6) is 0.437. The normalized spacial score (nSPS) is 15.3. The molecule has 1 aliphatic carbocycles. The quantitative estimate of drug-likeness (QED) is 0.113. The Balaban J connectivity index is 0.000000130. The summed E-state index contributed by atoms with van der Waals surface area (Å²) in [7, 11) is -0.919. The minimum Gasteiger partial charge on any atom is -0.341 e. The van der Waals surface area contributed by atoms with Crippen molar-refractivity contribution in [3.05, 3.63) is 123 Å². The highest BCUT2D eigenvalue weighted by Gasteiger charge is 2.32. The number of likely N-dealkylation sites (tertiary alicyclic amines) is 1. The topological polar surface area (TPSA) is 192 Å². The number of benzene rings is 3. The van der Waals surface area contributed by atoms with Gasteiger partial charge >= 0.3 is 0 Å². The Kier molecular flexibility index (Phi) is 16.0. The maximum Gasteiger partial charge on any atom is 0.244 e. The first-order valence-electron chi connectivity index (χ1n) is 25.5. The smallest absolute Gasteiger partial charge is 0.244 e. The monoisotopic (exact) mass is 1100 g/mol. The van der Waals surface area contributed by atoms with Gasteiger partial charge in [0.15, 0.2) is 16.9 Å². The Morgan fingerprint density at radius 2 is 0.987 bits per heavy atom. The van der Waals surface area contributed by atoms with E-state index in [0.717, 1.165) is 134 Å². The van der Waals surface area contributed by atoms with Crippen LogP contribution >= 0.6 is 34.8 Å². The van der Waals surface area contributed by atoms with Crippen LogP contribution in [0.2, 0.25) is 15.1 Å². The first kappa shape index (κ1) is 52.9. The lowest BCUT2D eigenvalue weighted by Crippen LogP contribution is -2.45. The predicted octanol–water partition coefficient (Wildman–Crippen LogP) is 8.85. The standard InChI is InChI=1S/C19H23ClN6.C18H18ClN5O.C17H17ClN4O2S/c1-14-16-17(20)18(15-6-4-3-5-7-15)21-22-19(16)26(23-14)13-12-25-10-8-24(2)9-11-25;1-12-15-16(19)17(13-7-3-2-4-8-13)20-21-18(15)24(22-12)11-14(25)23-9-5-6-10-23;1-25(23,24)10-9-22-17-13(15(21-22)12-7-8-12)14(18)16(19-20-17)11-5-3-2-4-6-11/h3-7H,8-13H2,1-2H3;2-4,7-8H,5-6,9-11H2,1H3;2-6,12H,7-10H2,1H3. The molecule has 0 unspecified atom stereocenters. The molecule has 76 heavy (non-hydrogen) atoms. The van der Waals surface area contributed by atoms with Crippen molar-refractivity contribution in [1.29, 1.82) is 0 Å². The van der Waals surface area contributed by atoms with Gasteiger partial charge in [-0.1, -0.05) is 126 Å². The molecular weight excluding hydrogens is 1050 g/mol. The summed E-state index contributed by atoms with van der Waals surface area (Å²) in [5.41, 5.74) is 9.15. The number of aromatic nitrogens is 12. The van der Waals surface area contributed by atoms with E-state index in [1.807, 2.05) is 114 Å². The van der Waals surface area contributed by atoms with Crippen LogP contribution < -0.4 is 0 Å². The fourth-order valence-electron chi connectivity index (χ4n) is 9.58. The summed E-state index contributed by atoms with van der Waals surface area (Å²) in [6, 6.07) is 29.3. The van der Waals surface area contributed by atoms with Gasteiger partial charge in [0.05, 0.1) is 67.2 Å². The second-order valence-corrected chi connectivity index (χ2v) is 23.0. The highest BCUT2D eigenvalue weighted by atomic mass is 35.5. The SMILES string of the molecule is CS(=O)(=O)CCn1nc(C2CC2)c2c(Cl)c(-c3ccccc3)nnc21.Cc1nn(CC(=O)N2CCCC2)c2nnc(-c3ccccc3)c(Cl)c12.Cc1nn(CCN2CCN(C)CC2)c2nnc(-c3ccccc3)c(Cl)c12. The summed E-state index contributed by atoms with van der Waals surface area (Å²) < 4.78 is 28.2. The van der Waals surface area contributed by atoms with Crippen LogP contribution in [0.1, 0.15) is 48.7 Å². The molecule has 3 aliphatic rings. The summed E-state index contributed by atoms with van der Waals surface area (Å²) >= 11 is 20.0. The highest BCUT2D eigenvalue weighted by Crippen LogP contribution is 2.45. The Morgan fingerprint density at radius 1 is 0.553 bits per heavy atom. The number of piperazine rings is 1. The molecule has 2 aliphatic heterocycles. The Bertz CT molecular complexity index is 3640. The van der Waals surface area contributed by atoms with Crippen LogP contribution in [0.15, 0.2) is 91.0 Å². The molecule has 22 heteroatoms. The van der Waals surface area contributed by atoms with Gasteiger partial charge in [0.25, 0.3) is 0 Å². The van der Waals surface area contributed by atoms with Crippen LogP contribution in [0, 0.1) is 13.8 Å². The van der Waals surface area contributed by atoms with Gasteiger partial charge in [0, 0.05) is 74.7 Å². The van der Waals surface area contributed by atoms with Crippen molar-refractivity contribution in [3.8, 4) is 33.8 Å². The third-order valence-electron chi connectivity index (χ3n) is 13.9. The third-order valence-corrected chi connectivity index (χ3v) is 15.9. The number of hydrogen-bond acceptors (Lipinski definition) is 14. The molecule has 18 nitrogen and oxygen atoms in total. The number of fused-ring (bicyclic) bond motifs is 3. The minimum atomic E-state index is -3.09. The summed E-state index contributed by atoms with van der Waals surface area (Å²) in [6.07, 6.45) is 5.48. The van der Waals surface area contributed by atoms with E-state index in [-0.39, 0.29) is 24.7 Å². The molecule has 12 rings (SSSR count).